The fraction of sp³-hybridized carbons (Fsp3) is 1.00. The van der Waals surface area contributed by atoms with Crippen molar-refractivity contribution >= 4 is 7.82 Å². The molecule has 0 bridgehead atoms. The van der Waals surface area contributed by atoms with Crippen LogP contribution in [0.25, 0.3) is 0 Å². The lowest BCUT2D eigenvalue weighted by Gasteiger charge is -2.40. The monoisotopic (exact) mass is 789 g/mol. The van der Waals surface area contributed by atoms with Crippen LogP contribution in [0.5, 0.6) is 0 Å². The van der Waals surface area contributed by atoms with E-state index in [0.29, 0.717) is 57.8 Å². The molecule has 0 atom stereocenters. The van der Waals surface area contributed by atoms with Crippen LogP contribution in [0.1, 0.15) is 178 Å². The summed E-state index contributed by atoms with van der Waals surface area (Å²) >= 11 is 0. The van der Waals surface area contributed by atoms with Gasteiger partial charge in [0.1, 0.15) is 0 Å². The Labute approximate surface area is 324 Å². The van der Waals surface area contributed by atoms with E-state index >= 15 is 4.57 Å². The van der Waals surface area contributed by atoms with Crippen molar-refractivity contribution in [3.63, 3.8) is 0 Å². The number of hydrogen-bond donors (Lipinski definition) is 0. The molecule has 0 spiro atoms. The lowest BCUT2D eigenvalue weighted by molar-refractivity contribution is -0.512. The van der Waals surface area contributed by atoms with Crippen LogP contribution in [0.2, 0.25) is 0 Å². The van der Waals surface area contributed by atoms with Gasteiger partial charge in [0.15, 0.2) is 0 Å². The van der Waals surface area contributed by atoms with E-state index in [9.17, 15) is 0 Å². The number of phosphoric ester groups is 1. The summed E-state index contributed by atoms with van der Waals surface area (Å²) in [6, 6.07) is 0. The third-order valence-corrected chi connectivity index (χ3v) is 9.00. The molecule has 0 radical (unpaired) electrons. The molecule has 0 rings (SSSR count). The zero-order chi connectivity index (χ0) is 39.6. The molecule has 13 nitrogen and oxygen atoms in total. The first kappa shape index (κ1) is 52.8. The number of ether oxygens (including phenoxy) is 9. The van der Waals surface area contributed by atoms with Gasteiger partial charge in [-0.05, 0) is 57.8 Å². The van der Waals surface area contributed by atoms with Crippen LogP contribution in [-0.4, -0.2) is 77.9 Å². The van der Waals surface area contributed by atoms with Crippen molar-refractivity contribution in [2.75, 3.05) is 59.5 Å². The Kier molecular flexibility index (Phi) is 33.7. The van der Waals surface area contributed by atoms with E-state index in [2.05, 4.69) is 0 Å². The summed E-state index contributed by atoms with van der Waals surface area (Å²) in [7, 11) is -5.15. The standard InChI is InChI=1S/C39H81O13P/c1-10-19-28-41-37(42-29-20-11-2,43-30-21-12-3)50-53(40,51-38(44-31-22-13-4,45-32-23-14-5)46-33-24-15-6)52-39(47-34-25-16-7,48-35-26-17-8)49-36-27-18-9/h10-36H2,1-9H3. The smallest absolute Gasteiger partial charge is 0.303 e. The van der Waals surface area contributed by atoms with E-state index in [-0.39, 0.29) is 59.5 Å². The third kappa shape index (κ3) is 24.9. The van der Waals surface area contributed by atoms with Crippen molar-refractivity contribution in [1.82, 2.24) is 0 Å². The minimum Gasteiger partial charge on any atom is -0.303 e. The Hall–Kier alpha value is -0.250. The summed E-state index contributed by atoms with van der Waals surface area (Å²) in [5, 5.41) is 0. The van der Waals surface area contributed by atoms with Gasteiger partial charge in [0.05, 0.1) is 59.5 Å². The van der Waals surface area contributed by atoms with Gasteiger partial charge in [-0.3, -0.25) is 0 Å². The summed E-state index contributed by atoms with van der Waals surface area (Å²) in [6.45, 7) is 19.8. The molecule has 0 aliphatic carbocycles. The summed E-state index contributed by atoms with van der Waals surface area (Å²) in [4.78, 5) is 0. The van der Waals surface area contributed by atoms with Gasteiger partial charge in [-0.2, -0.15) is 0 Å². The number of unbranched alkanes of at least 4 members (excludes halogenated alkanes) is 9. The van der Waals surface area contributed by atoms with Gasteiger partial charge in [-0.25, -0.2) is 18.1 Å². The van der Waals surface area contributed by atoms with E-state index < -0.39 is 26.3 Å². The van der Waals surface area contributed by atoms with Crippen LogP contribution in [-0.2, 0) is 60.8 Å². The highest BCUT2D eigenvalue weighted by molar-refractivity contribution is 7.48. The summed E-state index contributed by atoms with van der Waals surface area (Å²) < 4.78 is 91.0. The second-order valence-electron chi connectivity index (χ2n) is 13.0. The van der Waals surface area contributed by atoms with Crippen LogP contribution in [0, 0.1) is 0 Å². The Morgan fingerprint density at radius 3 is 0.528 bits per heavy atom. The normalized spacial score (nSPS) is 13.0. The van der Waals surface area contributed by atoms with E-state index in [4.69, 9.17) is 56.2 Å². The molecule has 320 valence electrons. The van der Waals surface area contributed by atoms with Gasteiger partial charge in [0.2, 0.25) is 0 Å². The minimum atomic E-state index is -5.15. The van der Waals surface area contributed by atoms with Gasteiger partial charge >= 0.3 is 26.3 Å². The highest BCUT2D eigenvalue weighted by atomic mass is 31.2. The first-order valence-corrected chi connectivity index (χ1v) is 22.6. The molecule has 0 fully saturated rings. The van der Waals surface area contributed by atoms with Crippen molar-refractivity contribution in [2.24, 2.45) is 0 Å². The molecule has 0 aromatic rings. The largest absolute Gasteiger partial charge is 0.493 e. The topological polar surface area (TPSA) is 128 Å². The molecular weight excluding hydrogens is 707 g/mol. The van der Waals surface area contributed by atoms with Gasteiger partial charge in [0, 0.05) is 0 Å². The molecule has 0 aliphatic heterocycles. The molecule has 0 saturated heterocycles. The van der Waals surface area contributed by atoms with Crippen LogP contribution in [0.15, 0.2) is 0 Å². The van der Waals surface area contributed by atoms with Gasteiger partial charge in [-0.1, -0.05) is 120 Å². The highest BCUT2D eigenvalue weighted by Gasteiger charge is 2.57. The number of phosphoric acid groups is 1. The van der Waals surface area contributed by atoms with Crippen LogP contribution >= 0.6 is 7.82 Å². The van der Waals surface area contributed by atoms with Gasteiger partial charge in [-0.15, -0.1) is 0 Å². The summed E-state index contributed by atoms with van der Waals surface area (Å²) in [5.41, 5.74) is 0. The lowest BCUT2D eigenvalue weighted by atomic mass is 10.3. The maximum atomic E-state index is 15.8. The lowest BCUT2D eigenvalue weighted by Crippen LogP contribution is -2.49. The Balaban J connectivity index is 7.67. The van der Waals surface area contributed by atoms with Gasteiger partial charge in [0.25, 0.3) is 0 Å². The van der Waals surface area contributed by atoms with Crippen LogP contribution < -0.4 is 0 Å². The number of rotatable bonds is 42. The zero-order valence-corrected chi connectivity index (χ0v) is 36.2. The Morgan fingerprint density at radius 2 is 0.415 bits per heavy atom. The quantitative estimate of drug-likeness (QED) is 0.0331. The average Bonchev–Trinajstić information content (AvgIpc) is 3.12. The van der Waals surface area contributed by atoms with Crippen molar-refractivity contribution in [2.45, 2.75) is 196 Å². The van der Waals surface area contributed by atoms with E-state index in [1.807, 2.05) is 62.3 Å². The molecule has 0 aliphatic rings. The minimum absolute atomic E-state index is 0.172. The summed E-state index contributed by atoms with van der Waals surface area (Å²) in [5.74, 6) is 0. The fourth-order valence-corrected chi connectivity index (χ4v) is 5.56. The van der Waals surface area contributed by atoms with E-state index in [1.165, 1.54) is 0 Å². The maximum absolute atomic E-state index is 15.8. The zero-order valence-electron chi connectivity index (χ0n) is 35.3. The van der Waals surface area contributed by atoms with Crippen LogP contribution in [0.4, 0.5) is 0 Å². The molecule has 0 saturated carbocycles. The fourth-order valence-electron chi connectivity index (χ4n) is 4.15. The average molecular weight is 789 g/mol. The molecule has 0 unspecified atom stereocenters. The second kappa shape index (κ2) is 33.8. The maximum Gasteiger partial charge on any atom is 0.493 e. The summed E-state index contributed by atoms with van der Waals surface area (Å²) in [6.07, 6.45) is 6.34. The molecule has 0 aromatic carbocycles. The van der Waals surface area contributed by atoms with Crippen molar-refractivity contribution in [1.29, 1.82) is 0 Å². The molecule has 0 heterocycles. The SMILES string of the molecule is CCCCOC(OCCCC)(OCCCC)OP(=O)(OC(OCCCC)(OCCCC)OCCCC)OC(OCCCC)(OCCCC)OCCCC. The second-order valence-corrected chi connectivity index (χ2v) is 14.5. The third-order valence-electron chi connectivity index (χ3n) is 7.66. The molecular formula is C39H81O13P. The predicted molar refractivity (Wildman–Crippen MR) is 207 cm³/mol. The predicted octanol–water partition coefficient (Wildman–Crippen LogP) is 11.3. The van der Waals surface area contributed by atoms with Crippen molar-refractivity contribution in [3.05, 3.63) is 0 Å². The van der Waals surface area contributed by atoms with Crippen LogP contribution in [0.3, 0.4) is 0 Å². The Bertz CT molecular complexity index is 666. The molecule has 14 heteroatoms. The van der Waals surface area contributed by atoms with Crippen molar-refractivity contribution in [3.8, 4) is 0 Å². The van der Waals surface area contributed by atoms with Crippen molar-refractivity contribution < 1.29 is 60.8 Å². The highest BCUT2D eigenvalue weighted by Crippen LogP contribution is 2.60. The molecule has 0 aromatic heterocycles. The van der Waals surface area contributed by atoms with E-state index in [0.717, 1.165) is 57.8 Å². The molecule has 53 heavy (non-hydrogen) atoms. The van der Waals surface area contributed by atoms with E-state index in [1.54, 1.807) is 0 Å². The molecule has 0 amide bonds. The Morgan fingerprint density at radius 1 is 0.283 bits per heavy atom. The number of hydrogen-bond acceptors (Lipinski definition) is 13. The first-order valence-electron chi connectivity index (χ1n) is 21.1. The molecule has 0 N–H and O–H groups in total. The van der Waals surface area contributed by atoms with Gasteiger partial charge < -0.3 is 42.6 Å². The first-order chi connectivity index (χ1) is 25.7.